The molecule has 0 saturated carbocycles. The summed E-state index contributed by atoms with van der Waals surface area (Å²) >= 11 is 2.03. The number of hydrogen-bond donors (Lipinski definition) is 0. The summed E-state index contributed by atoms with van der Waals surface area (Å²) in [6.45, 7) is 18.7. The van der Waals surface area contributed by atoms with E-state index in [1.807, 2.05) is 26.8 Å². The molecular weight excluding hydrogens is 467 g/mol. The average molecular weight is 512 g/mol. The first-order chi connectivity index (χ1) is 11.1. The molecule has 0 heterocycles. The molecule has 0 amide bonds. The first-order valence-electron chi connectivity index (χ1n) is 9.04. The summed E-state index contributed by atoms with van der Waals surface area (Å²) in [6.07, 6.45) is 16.3. The Hall–Kier alpha value is 0.905. The summed E-state index contributed by atoms with van der Waals surface area (Å²) in [5, 5.41) is 3.05. The molecule has 0 aromatic rings. The van der Waals surface area contributed by atoms with E-state index >= 15 is 0 Å². The van der Waals surface area contributed by atoms with Crippen molar-refractivity contribution >= 4 is 48.6 Å². The van der Waals surface area contributed by atoms with E-state index in [1.54, 1.807) is 11.1 Å². The molecule has 0 aromatic carbocycles. The van der Waals surface area contributed by atoms with Crippen LogP contribution in [0.3, 0.4) is 0 Å². The van der Waals surface area contributed by atoms with Gasteiger partial charge in [0.05, 0.1) is 0 Å². The van der Waals surface area contributed by atoms with Crippen LogP contribution in [-0.4, -0.2) is 23.8 Å². The maximum absolute atomic E-state index is 3.48. The maximum atomic E-state index is 3.48. The molecule has 166 valence electrons. The molecule has 0 atom stereocenters. The van der Waals surface area contributed by atoms with Crippen LogP contribution >= 0.6 is 24.8 Å². The van der Waals surface area contributed by atoms with Crippen molar-refractivity contribution in [3.8, 4) is 0 Å². The van der Waals surface area contributed by atoms with E-state index in [4.69, 9.17) is 0 Å². The van der Waals surface area contributed by atoms with Gasteiger partial charge in [0.2, 0.25) is 0 Å². The van der Waals surface area contributed by atoms with Crippen LogP contribution < -0.4 is 0 Å². The quantitative estimate of drug-likeness (QED) is 0.271. The van der Waals surface area contributed by atoms with Gasteiger partial charge in [-0.15, -0.1) is 37.7 Å². The summed E-state index contributed by atoms with van der Waals surface area (Å²) in [4.78, 5) is 0. The third kappa shape index (κ3) is 14.8. The van der Waals surface area contributed by atoms with E-state index in [0.29, 0.717) is 0 Å². The van der Waals surface area contributed by atoms with Gasteiger partial charge in [0.25, 0.3) is 0 Å². The summed E-state index contributed by atoms with van der Waals surface area (Å²) < 4.78 is 0. The van der Waals surface area contributed by atoms with Gasteiger partial charge in [-0.3, -0.25) is 12.2 Å². The molecule has 0 spiro atoms. The molecule has 2 aliphatic rings. The number of halogens is 2. The zero-order chi connectivity index (χ0) is 19.0. The molecule has 0 N–H and O–H groups in total. The molecule has 0 aliphatic heterocycles. The standard InChI is InChI=1S/2C10H17Si.2CH3.2ClH.H2Si.Ti/c2*1-5-9-6-7-10(8-9)11(2,3)4;;;;;;/h2*8H,5-6H2,1-4H3;2*1H3;2*1H;1H2;/q4*-1;;;;. The molecule has 0 bridgehead atoms. The van der Waals surface area contributed by atoms with Crippen LogP contribution in [0.15, 0.2) is 33.7 Å². The Labute approximate surface area is 206 Å². The van der Waals surface area contributed by atoms with Crippen molar-refractivity contribution in [2.24, 2.45) is 0 Å². The normalized spacial score (nSPS) is 14.4. The van der Waals surface area contributed by atoms with Crippen LogP contribution in [0.1, 0.15) is 39.5 Å². The van der Waals surface area contributed by atoms with Crippen molar-refractivity contribution in [1.29, 1.82) is 0 Å². The van der Waals surface area contributed by atoms with Crippen molar-refractivity contribution in [2.45, 2.75) is 78.8 Å². The second kappa shape index (κ2) is 18.7. The van der Waals surface area contributed by atoms with E-state index in [2.05, 4.69) is 77.4 Å². The molecule has 0 unspecified atom stereocenters. The van der Waals surface area contributed by atoms with E-state index in [1.165, 1.54) is 23.2 Å². The van der Waals surface area contributed by atoms with Crippen LogP contribution in [0.25, 0.3) is 0 Å². The first kappa shape index (κ1) is 39.4. The Balaban J connectivity index is -0.000000102. The van der Waals surface area contributed by atoms with Crippen molar-refractivity contribution in [1.82, 2.24) is 0 Å². The molecule has 28 heavy (non-hydrogen) atoms. The van der Waals surface area contributed by atoms with Crippen molar-refractivity contribution in [3.63, 3.8) is 0 Å². The topological polar surface area (TPSA) is 0 Å². The number of allylic oxidation sites excluding steroid dienone is 8. The Bertz CT molecular complexity index is 489. The minimum absolute atomic E-state index is 0. The third-order valence-electron chi connectivity index (χ3n) is 4.23. The van der Waals surface area contributed by atoms with E-state index < -0.39 is 16.1 Å². The molecule has 0 saturated heterocycles. The van der Waals surface area contributed by atoms with E-state index in [0.717, 1.165) is 12.8 Å². The molecular formula is C22H44Cl2Si3Ti-4. The van der Waals surface area contributed by atoms with Gasteiger partial charge in [0, 0.05) is 16.1 Å². The van der Waals surface area contributed by atoms with E-state index in [-0.39, 0.29) is 39.7 Å². The predicted octanol–water partition coefficient (Wildman–Crippen LogP) is 7.49. The van der Waals surface area contributed by atoms with Crippen molar-refractivity contribution in [3.05, 3.63) is 60.7 Å². The van der Waals surface area contributed by atoms with Gasteiger partial charge in [-0.2, -0.15) is 11.1 Å². The minimum atomic E-state index is -1.05. The molecule has 2 rings (SSSR count). The van der Waals surface area contributed by atoms with Gasteiger partial charge in [0.1, 0.15) is 0 Å². The van der Waals surface area contributed by atoms with Crippen molar-refractivity contribution in [2.75, 3.05) is 0 Å². The fourth-order valence-electron chi connectivity index (χ4n) is 2.45. The Morgan fingerprint density at radius 2 is 1.00 bits per heavy atom. The second-order valence-electron chi connectivity index (χ2n) is 8.35. The molecule has 0 fully saturated rings. The fourth-order valence-corrected chi connectivity index (χ4v) is 4.96. The van der Waals surface area contributed by atoms with Gasteiger partial charge in [-0.1, -0.05) is 66.0 Å². The van der Waals surface area contributed by atoms with Gasteiger partial charge in [0.15, 0.2) is 0 Å². The Kier molecular flexibility index (Phi) is 26.2. The summed E-state index contributed by atoms with van der Waals surface area (Å²) in [5.41, 5.74) is 3.12. The second-order valence-corrected chi connectivity index (χ2v) is 18.4. The summed E-state index contributed by atoms with van der Waals surface area (Å²) in [5.74, 6) is 0. The van der Waals surface area contributed by atoms with Gasteiger partial charge >= 0.3 is 26.8 Å². The van der Waals surface area contributed by atoms with E-state index in [9.17, 15) is 0 Å². The van der Waals surface area contributed by atoms with Crippen LogP contribution in [0.4, 0.5) is 0 Å². The zero-order valence-corrected chi connectivity index (χ0v) is 26.6. The number of hydrogen-bond acceptors (Lipinski definition) is 0. The van der Waals surface area contributed by atoms with Crippen LogP contribution in [0.5, 0.6) is 0 Å². The SMILES string of the molecule is CCC1=CC([Si](C)(C)C)=[C-]C1.CCC1=CC([Si](C)(C)C)=[C-]C1.Cl.Cl.[CH3-].[CH3-].[SiH2]=[Ti]. The molecule has 0 nitrogen and oxygen atoms in total. The van der Waals surface area contributed by atoms with Crippen molar-refractivity contribution < 1.29 is 19.2 Å². The predicted molar refractivity (Wildman–Crippen MR) is 142 cm³/mol. The molecule has 0 radical (unpaired) electrons. The third-order valence-corrected chi connectivity index (χ3v) is 8.11. The van der Waals surface area contributed by atoms with Gasteiger partial charge in [-0.05, 0) is 0 Å². The average Bonchev–Trinajstić information content (AvgIpc) is 3.18. The zero-order valence-electron chi connectivity index (χ0n) is 20.0. The Morgan fingerprint density at radius 3 is 1.11 bits per heavy atom. The summed E-state index contributed by atoms with van der Waals surface area (Å²) in [7, 11) is -0.245. The van der Waals surface area contributed by atoms with Crippen LogP contribution in [-0.2, 0) is 19.2 Å². The molecule has 0 aromatic heterocycles. The monoisotopic (exact) mass is 510 g/mol. The Morgan fingerprint density at radius 1 is 0.750 bits per heavy atom. The first-order valence-corrected chi connectivity index (χ1v) is 20.1. The summed E-state index contributed by atoms with van der Waals surface area (Å²) in [6, 6.07) is 0. The molecule has 6 heteroatoms. The van der Waals surface area contributed by atoms with Crippen LogP contribution in [0.2, 0.25) is 39.3 Å². The fraction of sp³-hybridized carbons (Fsp3) is 0.545. The van der Waals surface area contributed by atoms with Crippen LogP contribution in [0, 0.1) is 27.0 Å². The van der Waals surface area contributed by atoms with Gasteiger partial charge < -0.3 is 14.9 Å². The number of rotatable bonds is 4. The van der Waals surface area contributed by atoms with Gasteiger partial charge in [-0.25, -0.2) is 22.5 Å². The molecule has 2 aliphatic carbocycles.